The van der Waals surface area contributed by atoms with Crippen molar-refractivity contribution in [3.63, 3.8) is 0 Å². The van der Waals surface area contributed by atoms with Crippen molar-refractivity contribution in [2.75, 3.05) is 32.7 Å². The third kappa shape index (κ3) is 7.68. The van der Waals surface area contributed by atoms with Gasteiger partial charge in [0, 0.05) is 39.0 Å². The van der Waals surface area contributed by atoms with Gasteiger partial charge in [0.25, 0.3) is 10.0 Å². The van der Waals surface area contributed by atoms with E-state index in [9.17, 15) is 27.9 Å². The van der Waals surface area contributed by atoms with E-state index < -0.39 is 21.7 Å². The maximum absolute atomic E-state index is 12.8. The molecule has 2 amide bonds. The topological polar surface area (TPSA) is 188 Å². The highest BCUT2D eigenvalue weighted by atomic mass is 32.2. The van der Waals surface area contributed by atoms with Crippen molar-refractivity contribution >= 4 is 33.8 Å². The zero-order valence-electron chi connectivity index (χ0n) is 20.6. The van der Waals surface area contributed by atoms with Crippen LogP contribution in [0, 0.1) is 5.41 Å². The number of benzene rings is 1. The Bertz CT molecular complexity index is 1150. The molecule has 13 heteroatoms. The van der Waals surface area contributed by atoms with Gasteiger partial charge in [-0.15, -0.1) is 0 Å². The number of nitrogens with zero attached hydrogens (tertiary/aromatic N) is 3. The van der Waals surface area contributed by atoms with Gasteiger partial charge in [-0.25, -0.2) is 13.2 Å². The van der Waals surface area contributed by atoms with Crippen LogP contribution in [-0.2, 0) is 24.4 Å². The predicted molar refractivity (Wildman–Crippen MR) is 136 cm³/mol. The van der Waals surface area contributed by atoms with E-state index in [1.54, 1.807) is 11.0 Å². The lowest BCUT2D eigenvalue weighted by molar-refractivity contribution is -0.135. The van der Waals surface area contributed by atoms with E-state index in [0.717, 1.165) is 31.8 Å². The number of carboxylic acid groups (broad SMARTS) is 1. The predicted octanol–water partition coefficient (Wildman–Crippen LogP) is 0.218. The average molecular weight is 535 g/mol. The van der Waals surface area contributed by atoms with Crippen molar-refractivity contribution in [2.45, 2.75) is 43.4 Å². The zero-order chi connectivity index (χ0) is 27.1. The van der Waals surface area contributed by atoms with Crippen molar-refractivity contribution in [1.82, 2.24) is 14.5 Å². The Hall–Kier alpha value is -3.61. The van der Waals surface area contributed by atoms with Gasteiger partial charge in [0.1, 0.15) is 5.70 Å². The largest absolute Gasteiger partial charge is 0.477 e. The van der Waals surface area contributed by atoms with E-state index in [1.807, 2.05) is 4.90 Å². The maximum atomic E-state index is 12.8. The van der Waals surface area contributed by atoms with Crippen LogP contribution >= 0.6 is 0 Å². The molecule has 0 bridgehead atoms. The molecule has 3 rings (SSSR count). The second-order valence-corrected chi connectivity index (χ2v) is 11.0. The highest BCUT2D eigenvalue weighted by Crippen LogP contribution is 2.41. The highest BCUT2D eigenvalue weighted by Gasteiger charge is 2.39. The SMILES string of the molecule is NC(N)=NCCC(=O)N1CCC2(CCN(C(=O)CC=C(NS(=O)(=O)c3ccccc3)C(=O)O)CC2)CC1. The summed E-state index contributed by atoms with van der Waals surface area (Å²) in [6, 6.07) is 7.41. The Morgan fingerprint density at radius 2 is 1.51 bits per heavy atom. The Morgan fingerprint density at radius 1 is 0.973 bits per heavy atom. The molecule has 37 heavy (non-hydrogen) atoms. The summed E-state index contributed by atoms with van der Waals surface area (Å²) in [5.41, 5.74) is 10.1. The molecule has 2 saturated heterocycles. The third-order valence-corrected chi connectivity index (χ3v) is 8.36. The molecule has 1 spiro atoms. The van der Waals surface area contributed by atoms with Gasteiger partial charge in [-0.1, -0.05) is 18.2 Å². The number of likely N-dealkylation sites (tertiary alicyclic amines) is 2. The van der Waals surface area contributed by atoms with Crippen LogP contribution in [0.3, 0.4) is 0 Å². The molecule has 0 unspecified atom stereocenters. The number of guanidine groups is 1. The van der Waals surface area contributed by atoms with Gasteiger partial charge in [0.2, 0.25) is 11.8 Å². The standard InChI is InChI=1S/C24H34N6O6S/c25-23(26)27-13-8-21(32)30-16-11-24(12-17-30)9-14-29(15-10-24)20(31)7-6-19(22(33)34)28-37(35,36)18-4-2-1-3-5-18/h1-6,28H,7-17H2,(H,33,34)(H4,25,26,27). The second-order valence-electron chi connectivity index (χ2n) is 9.36. The molecule has 1 aromatic rings. The van der Waals surface area contributed by atoms with Crippen molar-refractivity contribution in [3.05, 3.63) is 42.1 Å². The average Bonchev–Trinajstić information content (AvgIpc) is 2.87. The smallest absolute Gasteiger partial charge is 0.352 e. The van der Waals surface area contributed by atoms with Gasteiger partial charge in [0.15, 0.2) is 5.96 Å². The molecular weight excluding hydrogens is 500 g/mol. The number of nitrogens with one attached hydrogen (secondary N) is 1. The molecule has 2 aliphatic rings. The second kappa shape index (κ2) is 12.1. The molecule has 6 N–H and O–H groups in total. The van der Waals surface area contributed by atoms with Crippen LogP contribution in [-0.4, -0.2) is 79.8 Å². The first-order valence-corrected chi connectivity index (χ1v) is 13.6. The summed E-state index contributed by atoms with van der Waals surface area (Å²) in [5.74, 6) is -1.74. The number of carbonyl (C=O) groups excluding carboxylic acids is 2. The summed E-state index contributed by atoms with van der Waals surface area (Å²) in [5, 5.41) is 9.44. The van der Waals surface area contributed by atoms with Crippen molar-refractivity contribution in [2.24, 2.45) is 21.9 Å². The first-order chi connectivity index (χ1) is 17.5. The summed E-state index contributed by atoms with van der Waals surface area (Å²) >= 11 is 0. The lowest BCUT2D eigenvalue weighted by Crippen LogP contribution is -2.49. The quantitative estimate of drug-likeness (QED) is 0.196. The zero-order valence-corrected chi connectivity index (χ0v) is 21.5. The monoisotopic (exact) mass is 534 g/mol. The van der Waals surface area contributed by atoms with Crippen LogP contribution in [0.25, 0.3) is 0 Å². The number of aliphatic imine (C=N–C) groups is 1. The molecule has 202 valence electrons. The molecule has 2 heterocycles. The first-order valence-electron chi connectivity index (χ1n) is 12.1. The van der Waals surface area contributed by atoms with E-state index >= 15 is 0 Å². The molecule has 0 radical (unpaired) electrons. The van der Waals surface area contributed by atoms with Crippen LogP contribution < -0.4 is 16.2 Å². The number of carbonyl (C=O) groups is 3. The fourth-order valence-electron chi connectivity index (χ4n) is 4.69. The highest BCUT2D eigenvalue weighted by molar-refractivity contribution is 7.89. The van der Waals surface area contributed by atoms with E-state index in [-0.39, 0.29) is 47.5 Å². The number of piperidine rings is 2. The Balaban J connectivity index is 1.50. The van der Waals surface area contributed by atoms with E-state index in [1.165, 1.54) is 24.3 Å². The number of carboxylic acids is 1. The third-order valence-electron chi connectivity index (χ3n) is 6.98. The molecule has 1 aromatic carbocycles. The summed E-state index contributed by atoms with van der Waals surface area (Å²) in [7, 11) is -4.09. The van der Waals surface area contributed by atoms with Crippen LogP contribution in [0.1, 0.15) is 38.5 Å². The van der Waals surface area contributed by atoms with Gasteiger partial charge < -0.3 is 26.4 Å². The van der Waals surface area contributed by atoms with Crippen molar-refractivity contribution < 1.29 is 27.9 Å². The number of sulfonamides is 1. The summed E-state index contributed by atoms with van der Waals surface area (Å²) < 4.78 is 27.0. The summed E-state index contributed by atoms with van der Waals surface area (Å²) in [6.45, 7) is 2.64. The van der Waals surface area contributed by atoms with Gasteiger partial charge in [-0.2, -0.15) is 0 Å². The Morgan fingerprint density at radius 3 is 2.03 bits per heavy atom. The lowest BCUT2D eigenvalue weighted by Gasteiger charge is -2.47. The van der Waals surface area contributed by atoms with Gasteiger partial charge in [-0.3, -0.25) is 19.3 Å². The van der Waals surface area contributed by atoms with Crippen LogP contribution in [0.15, 0.2) is 52.0 Å². The summed E-state index contributed by atoms with van der Waals surface area (Å²) in [4.78, 5) is 44.0. The molecule has 0 aromatic heterocycles. The van der Waals surface area contributed by atoms with E-state index in [4.69, 9.17) is 11.5 Å². The molecule has 0 aliphatic carbocycles. The number of aliphatic carboxylic acids is 1. The fraction of sp³-hybridized carbons (Fsp3) is 0.500. The number of hydrogen-bond acceptors (Lipinski definition) is 6. The maximum Gasteiger partial charge on any atom is 0.352 e. The number of amides is 2. The minimum Gasteiger partial charge on any atom is -0.477 e. The molecule has 2 fully saturated rings. The van der Waals surface area contributed by atoms with Gasteiger partial charge in [0.05, 0.1) is 11.4 Å². The molecule has 12 nitrogen and oxygen atoms in total. The van der Waals surface area contributed by atoms with E-state index in [0.29, 0.717) is 26.2 Å². The molecule has 0 atom stereocenters. The van der Waals surface area contributed by atoms with Crippen LogP contribution in [0.5, 0.6) is 0 Å². The molecule has 2 aliphatic heterocycles. The van der Waals surface area contributed by atoms with Crippen LogP contribution in [0.4, 0.5) is 0 Å². The number of hydrogen-bond donors (Lipinski definition) is 4. The Kier molecular flexibility index (Phi) is 9.14. The van der Waals surface area contributed by atoms with Gasteiger partial charge >= 0.3 is 5.97 Å². The van der Waals surface area contributed by atoms with E-state index in [2.05, 4.69) is 9.71 Å². The number of nitrogens with two attached hydrogens (primary N) is 2. The van der Waals surface area contributed by atoms with Crippen LogP contribution in [0.2, 0.25) is 0 Å². The molecular formula is C24H34N6O6S. The van der Waals surface area contributed by atoms with Gasteiger partial charge in [-0.05, 0) is 49.3 Å². The first kappa shape index (κ1) is 28.0. The summed E-state index contributed by atoms with van der Waals surface area (Å²) in [6.07, 6.45) is 4.43. The normalized spacial score (nSPS) is 17.8. The minimum absolute atomic E-state index is 0.0244. The lowest BCUT2D eigenvalue weighted by atomic mass is 9.71. The van der Waals surface area contributed by atoms with Crippen molar-refractivity contribution in [1.29, 1.82) is 0 Å². The Labute approximate surface area is 216 Å². The fourth-order valence-corrected chi connectivity index (χ4v) is 5.79. The van der Waals surface area contributed by atoms with Crippen molar-refractivity contribution in [3.8, 4) is 0 Å². The molecule has 0 saturated carbocycles. The number of rotatable bonds is 9. The minimum atomic E-state index is -4.09.